The topological polar surface area (TPSA) is 49.3 Å². The van der Waals surface area contributed by atoms with Crippen molar-refractivity contribution in [3.63, 3.8) is 0 Å². The van der Waals surface area contributed by atoms with Crippen molar-refractivity contribution in [1.29, 1.82) is 0 Å². The third-order valence-electron chi connectivity index (χ3n) is 2.34. The van der Waals surface area contributed by atoms with Gasteiger partial charge in [0.1, 0.15) is 5.82 Å². The molecule has 1 amide bonds. The maximum absolute atomic E-state index is 13.2. The quantitative estimate of drug-likeness (QED) is 0.875. The Labute approximate surface area is 105 Å². The SMILES string of the molecule is Cc1cc(C(=O)NC(C)(C)CO)c(Cl)cc1F. The van der Waals surface area contributed by atoms with Crippen LogP contribution in [0.1, 0.15) is 29.8 Å². The van der Waals surface area contributed by atoms with Crippen LogP contribution >= 0.6 is 11.6 Å². The molecule has 1 aromatic carbocycles. The molecule has 1 rings (SSSR count). The average Bonchev–Trinajstić information content (AvgIpc) is 2.22. The van der Waals surface area contributed by atoms with Gasteiger partial charge in [-0.3, -0.25) is 4.79 Å². The Hall–Kier alpha value is -1.13. The summed E-state index contributed by atoms with van der Waals surface area (Å²) in [5.41, 5.74) is -0.198. The summed E-state index contributed by atoms with van der Waals surface area (Å²) >= 11 is 5.81. The molecule has 0 unspecified atom stereocenters. The zero-order valence-electron chi connectivity index (χ0n) is 9.97. The van der Waals surface area contributed by atoms with Crippen molar-refractivity contribution in [1.82, 2.24) is 5.32 Å². The molecule has 17 heavy (non-hydrogen) atoms. The van der Waals surface area contributed by atoms with Gasteiger partial charge in [-0.15, -0.1) is 0 Å². The predicted octanol–water partition coefficient (Wildman–Crippen LogP) is 2.29. The number of carbonyl (C=O) groups is 1. The second kappa shape index (κ2) is 5.02. The number of halogens is 2. The van der Waals surface area contributed by atoms with Gasteiger partial charge in [0.15, 0.2) is 0 Å². The first-order chi connectivity index (χ1) is 7.76. The molecule has 0 aliphatic rings. The highest BCUT2D eigenvalue weighted by atomic mass is 35.5. The van der Waals surface area contributed by atoms with E-state index in [0.29, 0.717) is 5.56 Å². The van der Waals surface area contributed by atoms with Gasteiger partial charge in [0.05, 0.1) is 22.7 Å². The summed E-state index contributed by atoms with van der Waals surface area (Å²) in [7, 11) is 0. The van der Waals surface area contributed by atoms with Crippen LogP contribution in [0.15, 0.2) is 12.1 Å². The minimum Gasteiger partial charge on any atom is -0.394 e. The van der Waals surface area contributed by atoms with Crippen molar-refractivity contribution in [3.05, 3.63) is 34.1 Å². The molecule has 0 saturated heterocycles. The van der Waals surface area contributed by atoms with Crippen LogP contribution in [0.3, 0.4) is 0 Å². The van der Waals surface area contributed by atoms with Crippen molar-refractivity contribution < 1.29 is 14.3 Å². The van der Waals surface area contributed by atoms with Crippen LogP contribution in [0.4, 0.5) is 4.39 Å². The zero-order valence-corrected chi connectivity index (χ0v) is 10.7. The number of benzene rings is 1. The highest BCUT2D eigenvalue weighted by Crippen LogP contribution is 2.21. The summed E-state index contributed by atoms with van der Waals surface area (Å²) in [6.45, 7) is 4.71. The molecule has 1 aromatic rings. The van der Waals surface area contributed by atoms with E-state index in [1.54, 1.807) is 20.8 Å². The molecule has 0 radical (unpaired) electrons. The number of aliphatic hydroxyl groups excluding tert-OH is 1. The van der Waals surface area contributed by atoms with Gasteiger partial charge < -0.3 is 10.4 Å². The van der Waals surface area contributed by atoms with Crippen LogP contribution in [0, 0.1) is 12.7 Å². The van der Waals surface area contributed by atoms with Crippen molar-refractivity contribution >= 4 is 17.5 Å². The Morgan fingerprint density at radius 3 is 2.65 bits per heavy atom. The van der Waals surface area contributed by atoms with Crippen LogP contribution in [0.2, 0.25) is 5.02 Å². The first-order valence-corrected chi connectivity index (χ1v) is 5.53. The van der Waals surface area contributed by atoms with E-state index < -0.39 is 17.3 Å². The Kier molecular flexibility index (Phi) is 4.11. The predicted molar refractivity (Wildman–Crippen MR) is 64.8 cm³/mol. The second-order valence-electron chi connectivity index (χ2n) is 4.58. The monoisotopic (exact) mass is 259 g/mol. The zero-order chi connectivity index (χ0) is 13.2. The third kappa shape index (κ3) is 3.41. The Balaban J connectivity index is 3.01. The maximum atomic E-state index is 13.2. The smallest absolute Gasteiger partial charge is 0.253 e. The molecule has 0 aliphatic heterocycles. The van der Waals surface area contributed by atoms with E-state index in [1.807, 2.05) is 0 Å². The number of carbonyl (C=O) groups excluding carboxylic acids is 1. The van der Waals surface area contributed by atoms with Crippen LogP contribution < -0.4 is 5.32 Å². The molecule has 0 aromatic heterocycles. The van der Waals surface area contributed by atoms with Gasteiger partial charge in [-0.05, 0) is 38.5 Å². The normalized spacial score (nSPS) is 11.4. The van der Waals surface area contributed by atoms with E-state index in [2.05, 4.69) is 5.32 Å². The minimum absolute atomic E-state index is 0.0549. The summed E-state index contributed by atoms with van der Waals surface area (Å²) in [6.07, 6.45) is 0. The number of rotatable bonds is 3. The fourth-order valence-electron chi connectivity index (χ4n) is 1.25. The number of hydrogen-bond donors (Lipinski definition) is 2. The highest BCUT2D eigenvalue weighted by Gasteiger charge is 2.22. The van der Waals surface area contributed by atoms with Gasteiger partial charge >= 0.3 is 0 Å². The van der Waals surface area contributed by atoms with Crippen LogP contribution in [0.5, 0.6) is 0 Å². The molecule has 0 spiro atoms. The van der Waals surface area contributed by atoms with Gasteiger partial charge in [0.2, 0.25) is 0 Å². The first kappa shape index (κ1) is 13.9. The molecule has 0 aliphatic carbocycles. The second-order valence-corrected chi connectivity index (χ2v) is 4.98. The lowest BCUT2D eigenvalue weighted by atomic mass is 10.1. The fourth-order valence-corrected chi connectivity index (χ4v) is 1.48. The maximum Gasteiger partial charge on any atom is 0.253 e. The van der Waals surface area contributed by atoms with Crippen molar-refractivity contribution in [2.24, 2.45) is 0 Å². The van der Waals surface area contributed by atoms with E-state index in [9.17, 15) is 9.18 Å². The number of aliphatic hydroxyl groups is 1. The molecule has 2 N–H and O–H groups in total. The molecular formula is C12H15ClFNO2. The van der Waals surface area contributed by atoms with E-state index in [0.717, 1.165) is 6.07 Å². The van der Waals surface area contributed by atoms with E-state index >= 15 is 0 Å². The molecule has 0 bridgehead atoms. The minimum atomic E-state index is -0.747. The van der Waals surface area contributed by atoms with Gasteiger partial charge in [0, 0.05) is 0 Å². The van der Waals surface area contributed by atoms with E-state index in [1.165, 1.54) is 6.07 Å². The van der Waals surface area contributed by atoms with E-state index in [4.69, 9.17) is 16.7 Å². The molecule has 0 atom stereocenters. The molecule has 5 heteroatoms. The van der Waals surface area contributed by atoms with E-state index in [-0.39, 0.29) is 17.2 Å². The molecule has 94 valence electrons. The third-order valence-corrected chi connectivity index (χ3v) is 2.65. The summed E-state index contributed by atoms with van der Waals surface area (Å²) in [4.78, 5) is 11.9. The van der Waals surface area contributed by atoms with Gasteiger partial charge in [0.25, 0.3) is 5.91 Å². The van der Waals surface area contributed by atoms with Gasteiger partial charge in [-0.2, -0.15) is 0 Å². The molecule has 0 fully saturated rings. The number of amides is 1. The summed E-state index contributed by atoms with van der Waals surface area (Å²) in [5, 5.41) is 11.7. The molecule has 0 saturated carbocycles. The van der Waals surface area contributed by atoms with Crippen molar-refractivity contribution in [2.45, 2.75) is 26.3 Å². The molecule has 0 heterocycles. The lowest BCUT2D eigenvalue weighted by Gasteiger charge is -2.23. The Bertz CT molecular complexity index is 446. The van der Waals surface area contributed by atoms with Crippen LogP contribution in [-0.2, 0) is 0 Å². The standard InChI is InChI=1S/C12H15ClFNO2/c1-7-4-8(9(13)5-10(7)14)11(17)15-12(2,3)6-16/h4-5,16H,6H2,1-3H3,(H,15,17). The van der Waals surface area contributed by atoms with Crippen LogP contribution in [0.25, 0.3) is 0 Å². The number of aryl methyl sites for hydroxylation is 1. The number of nitrogens with one attached hydrogen (secondary N) is 1. The molecule has 3 nitrogen and oxygen atoms in total. The fraction of sp³-hybridized carbons (Fsp3) is 0.417. The number of hydrogen-bond acceptors (Lipinski definition) is 2. The Morgan fingerprint density at radius 2 is 2.12 bits per heavy atom. The van der Waals surface area contributed by atoms with Gasteiger partial charge in [-0.25, -0.2) is 4.39 Å². The highest BCUT2D eigenvalue weighted by molar-refractivity contribution is 6.33. The first-order valence-electron chi connectivity index (χ1n) is 5.16. The average molecular weight is 260 g/mol. The molecular weight excluding hydrogens is 245 g/mol. The summed E-state index contributed by atoms with van der Waals surface area (Å²) < 4.78 is 13.2. The lowest BCUT2D eigenvalue weighted by Crippen LogP contribution is -2.46. The lowest BCUT2D eigenvalue weighted by molar-refractivity contribution is 0.0869. The van der Waals surface area contributed by atoms with Crippen molar-refractivity contribution in [3.8, 4) is 0 Å². The Morgan fingerprint density at radius 1 is 1.53 bits per heavy atom. The summed E-state index contributed by atoms with van der Waals surface area (Å²) in [6, 6.07) is 2.50. The van der Waals surface area contributed by atoms with Crippen LogP contribution in [-0.4, -0.2) is 23.2 Å². The summed E-state index contributed by atoms with van der Waals surface area (Å²) in [5.74, 6) is -0.884. The largest absolute Gasteiger partial charge is 0.394 e. The van der Waals surface area contributed by atoms with Crippen molar-refractivity contribution in [2.75, 3.05) is 6.61 Å². The van der Waals surface area contributed by atoms with Gasteiger partial charge in [-0.1, -0.05) is 11.6 Å².